The standard InChI is InChI=1S/C15H14O2/c1-11-7-9-13(10-8-11)14(15(16)17)12-5-3-2-4-6-12/h2-10,14H,1H3,(H,16,17)/p-1/t14-/m1/s1. The molecule has 0 amide bonds. The third-order valence-corrected chi connectivity index (χ3v) is 2.78. The highest BCUT2D eigenvalue weighted by molar-refractivity contribution is 5.78. The Morgan fingerprint density at radius 1 is 0.941 bits per heavy atom. The van der Waals surface area contributed by atoms with Crippen molar-refractivity contribution in [1.29, 1.82) is 0 Å². The molecule has 0 unspecified atom stereocenters. The van der Waals surface area contributed by atoms with E-state index in [4.69, 9.17) is 0 Å². The van der Waals surface area contributed by atoms with Crippen LogP contribution in [0, 0.1) is 6.92 Å². The Balaban J connectivity index is 2.43. The van der Waals surface area contributed by atoms with Gasteiger partial charge in [0.05, 0.1) is 5.97 Å². The molecule has 0 aliphatic rings. The second kappa shape index (κ2) is 4.83. The Morgan fingerprint density at radius 3 is 2.00 bits per heavy atom. The van der Waals surface area contributed by atoms with Crippen LogP contribution in [0.15, 0.2) is 54.6 Å². The summed E-state index contributed by atoms with van der Waals surface area (Å²) in [7, 11) is 0. The first kappa shape index (κ1) is 11.4. The van der Waals surface area contributed by atoms with Crippen LogP contribution in [0.1, 0.15) is 22.6 Å². The predicted molar refractivity (Wildman–Crippen MR) is 64.5 cm³/mol. The van der Waals surface area contributed by atoms with Gasteiger partial charge in [0.15, 0.2) is 0 Å². The third-order valence-electron chi connectivity index (χ3n) is 2.78. The van der Waals surface area contributed by atoms with E-state index in [-0.39, 0.29) is 0 Å². The molecule has 0 aromatic heterocycles. The predicted octanol–water partition coefficient (Wildman–Crippen LogP) is 1.88. The van der Waals surface area contributed by atoms with Gasteiger partial charge in [0.2, 0.25) is 0 Å². The van der Waals surface area contributed by atoms with Crippen molar-refractivity contribution in [3.63, 3.8) is 0 Å². The summed E-state index contributed by atoms with van der Waals surface area (Å²) in [6, 6.07) is 16.6. The highest BCUT2D eigenvalue weighted by atomic mass is 16.4. The summed E-state index contributed by atoms with van der Waals surface area (Å²) < 4.78 is 0. The number of hydrogen-bond donors (Lipinski definition) is 0. The summed E-state index contributed by atoms with van der Waals surface area (Å²) in [4.78, 5) is 11.3. The van der Waals surface area contributed by atoms with Gasteiger partial charge in [-0.3, -0.25) is 0 Å². The average Bonchev–Trinajstić information content (AvgIpc) is 2.33. The van der Waals surface area contributed by atoms with Crippen molar-refractivity contribution in [3.05, 3.63) is 71.3 Å². The van der Waals surface area contributed by atoms with Gasteiger partial charge >= 0.3 is 0 Å². The van der Waals surface area contributed by atoms with Crippen LogP contribution in [0.2, 0.25) is 0 Å². The lowest BCUT2D eigenvalue weighted by atomic mass is 9.91. The van der Waals surface area contributed by atoms with Crippen molar-refractivity contribution >= 4 is 5.97 Å². The van der Waals surface area contributed by atoms with E-state index in [0.717, 1.165) is 16.7 Å². The Hall–Kier alpha value is -2.09. The Labute approximate surface area is 101 Å². The molecule has 2 heteroatoms. The van der Waals surface area contributed by atoms with Gasteiger partial charge in [0, 0.05) is 5.92 Å². The zero-order valence-corrected chi connectivity index (χ0v) is 9.59. The second-order valence-corrected chi connectivity index (χ2v) is 4.07. The summed E-state index contributed by atoms with van der Waals surface area (Å²) in [6.07, 6.45) is 0. The number of rotatable bonds is 3. The van der Waals surface area contributed by atoms with Crippen LogP contribution < -0.4 is 5.11 Å². The van der Waals surface area contributed by atoms with Crippen molar-refractivity contribution in [1.82, 2.24) is 0 Å². The van der Waals surface area contributed by atoms with Gasteiger partial charge in [-0.15, -0.1) is 0 Å². The molecule has 0 bridgehead atoms. The molecule has 0 aliphatic carbocycles. The summed E-state index contributed by atoms with van der Waals surface area (Å²) in [5.41, 5.74) is 2.61. The smallest absolute Gasteiger partial charge is 0.0533 e. The van der Waals surface area contributed by atoms with Crippen molar-refractivity contribution in [2.75, 3.05) is 0 Å². The maximum atomic E-state index is 11.3. The van der Waals surface area contributed by atoms with Crippen LogP contribution in [0.4, 0.5) is 0 Å². The summed E-state index contributed by atoms with van der Waals surface area (Å²) in [6.45, 7) is 1.97. The van der Waals surface area contributed by atoms with E-state index >= 15 is 0 Å². The molecule has 0 saturated heterocycles. The van der Waals surface area contributed by atoms with Crippen LogP contribution in [0.3, 0.4) is 0 Å². The van der Waals surface area contributed by atoms with Gasteiger partial charge in [0.25, 0.3) is 0 Å². The topological polar surface area (TPSA) is 40.1 Å². The van der Waals surface area contributed by atoms with E-state index in [0.29, 0.717) is 0 Å². The fraction of sp³-hybridized carbons (Fsp3) is 0.133. The van der Waals surface area contributed by atoms with Crippen LogP contribution in [0.25, 0.3) is 0 Å². The Morgan fingerprint density at radius 2 is 1.47 bits per heavy atom. The zero-order chi connectivity index (χ0) is 12.3. The van der Waals surface area contributed by atoms with Crippen molar-refractivity contribution in [3.8, 4) is 0 Å². The van der Waals surface area contributed by atoms with E-state index in [1.165, 1.54) is 0 Å². The molecule has 0 heterocycles. The Bertz CT molecular complexity index is 500. The third kappa shape index (κ3) is 2.53. The van der Waals surface area contributed by atoms with E-state index in [2.05, 4.69) is 0 Å². The van der Waals surface area contributed by atoms with E-state index in [1.54, 1.807) is 12.1 Å². The molecule has 0 saturated carbocycles. The molecule has 2 rings (SSSR count). The van der Waals surface area contributed by atoms with Crippen molar-refractivity contribution in [2.24, 2.45) is 0 Å². The first-order valence-electron chi connectivity index (χ1n) is 5.51. The number of benzene rings is 2. The van der Waals surface area contributed by atoms with E-state index in [1.807, 2.05) is 49.4 Å². The van der Waals surface area contributed by atoms with E-state index < -0.39 is 11.9 Å². The van der Waals surface area contributed by atoms with Gasteiger partial charge in [-0.05, 0) is 18.1 Å². The molecule has 0 radical (unpaired) electrons. The lowest BCUT2D eigenvalue weighted by molar-refractivity contribution is -0.306. The average molecular weight is 225 g/mol. The molecule has 2 aromatic rings. The first-order chi connectivity index (χ1) is 8.18. The minimum absolute atomic E-state index is 0.697. The Kier molecular flexibility index (Phi) is 3.24. The molecule has 0 N–H and O–H groups in total. The number of carboxylic acid groups (broad SMARTS) is 1. The van der Waals surface area contributed by atoms with E-state index in [9.17, 15) is 9.90 Å². The monoisotopic (exact) mass is 225 g/mol. The zero-order valence-electron chi connectivity index (χ0n) is 9.59. The summed E-state index contributed by atoms with van der Waals surface area (Å²) >= 11 is 0. The lowest BCUT2D eigenvalue weighted by Gasteiger charge is -2.19. The molecule has 1 atom stereocenters. The fourth-order valence-corrected chi connectivity index (χ4v) is 1.87. The fourth-order valence-electron chi connectivity index (χ4n) is 1.87. The molecular formula is C15H13O2-. The molecule has 2 aromatic carbocycles. The number of aliphatic carboxylic acids is 1. The van der Waals surface area contributed by atoms with Gasteiger partial charge in [-0.2, -0.15) is 0 Å². The first-order valence-corrected chi connectivity index (χ1v) is 5.51. The number of hydrogen-bond acceptors (Lipinski definition) is 2. The van der Waals surface area contributed by atoms with Gasteiger partial charge < -0.3 is 9.90 Å². The SMILES string of the molecule is Cc1ccc([C@H](C(=O)[O-])c2ccccc2)cc1. The van der Waals surface area contributed by atoms with Crippen molar-refractivity contribution < 1.29 is 9.90 Å². The molecule has 17 heavy (non-hydrogen) atoms. The van der Waals surface area contributed by atoms with Crippen LogP contribution in [0.5, 0.6) is 0 Å². The van der Waals surface area contributed by atoms with Gasteiger partial charge in [-0.1, -0.05) is 60.2 Å². The highest BCUT2D eigenvalue weighted by Gasteiger charge is 2.14. The minimum atomic E-state index is -1.07. The second-order valence-electron chi connectivity index (χ2n) is 4.07. The molecule has 0 spiro atoms. The summed E-state index contributed by atoms with van der Waals surface area (Å²) in [5, 5.41) is 11.3. The quantitative estimate of drug-likeness (QED) is 0.800. The number of carbonyl (C=O) groups excluding carboxylic acids is 1. The normalized spacial score (nSPS) is 12.1. The van der Waals surface area contributed by atoms with Gasteiger partial charge in [0.1, 0.15) is 0 Å². The summed E-state index contributed by atoms with van der Waals surface area (Å²) in [5.74, 6) is -1.77. The maximum absolute atomic E-state index is 11.3. The van der Waals surface area contributed by atoms with Crippen LogP contribution in [-0.2, 0) is 4.79 Å². The molecule has 86 valence electrons. The molecule has 0 fully saturated rings. The van der Waals surface area contributed by atoms with Crippen LogP contribution in [-0.4, -0.2) is 5.97 Å². The maximum Gasteiger partial charge on any atom is 0.0533 e. The van der Waals surface area contributed by atoms with Gasteiger partial charge in [-0.25, -0.2) is 0 Å². The van der Waals surface area contributed by atoms with Crippen molar-refractivity contribution in [2.45, 2.75) is 12.8 Å². The lowest BCUT2D eigenvalue weighted by Crippen LogP contribution is -2.30. The number of aryl methyl sites for hydroxylation is 1. The highest BCUT2D eigenvalue weighted by Crippen LogP contribution is 2.24. The number of carboxylic acids is 1. The minimum Gasteiger partial charge on any atom is -0.549 e. The largest absolute Gasteiger partial charge is 0.549 e. The molecule has 0 aliphatic heterocycles. The molecular weight excluding hydrogens is 212 g/mol. The molecule has 2 nitrogen and oxygen atoms in total. The number of carbonyl (C=O) groups is 1. The van der Waals surface area contributed by atoms with Crippen LogP contribution >= 0.6 is 0 Å².